The van der Waals surface area contributed by atoms with E-state index in [-0.39, 0.29) is 11.4 Å². The van der Waals surface area contributed by atoms with E-state index in [0.717, 1.165) is 0 Å². The predicted octanol–water partition coefficient (Wildman–Crippen LogP) is 0.275. The lowest BCUT2D eigenvalue weighted by Gasteiger charge is -1.98. The van der Waals surface area contributed by atoms with Crippen LogP contribution in [0.1, 0.15) is 10.4 Å². The van der Waals surface area contributed by atoms with Gasteiger partial charge in [0.25, 0.3) is 5.91 Å². The van der Waals surface area contributed by atoms with E-state index in [1.807, 2.05) is 0 Å². The maximum atomic E-state index is 12.3. The van der Waals surface area contributed by atoms with E-state index in [4.69, 9.17) is 0 Å². The van der Waals surface area contributed by atoms with Crippen LogP contribution in [0.3, 0.4) is 0 Å². The van der Waals surface area contributed by atoms with Crippen LogP contribution in [-0.2, 0) is 4.79 Å². The van der Waals surface area contributed by atoms with Crippen molar-refractivity contribution in [2.75, 3.05) is 0 Å². The van der Waals surface area contributed by atoms with Crippen LogP contribution in [-0.4, -0.2) is 16.7 Å². The molecule has 1 aromatic carbocycles. The Kier molecular flexibility index (Phi) is 2.34. The molecule has 0 saturated heterocycles. The van der Waals surface area contributed by atoms with Crippen LogP contribution in [0, 0.1) is 0 Å². The smallest absolute Gasteiger partial charge is 0.282 e. The van der Waals surface area contributed by atoms with Crippen LogP contribution in [0.2, 0.25) is 0 Å². The molecule has 0 spiro atoms. The number of aromatic nitrogens is 1. The van der Waals surface area contributed by atoms with E-state index in [1.165, 1.54) is 6.20 Å². The van der Waals surface area contributed by atoms with Gasteiger partial charge in [-0.05, 0) is 18.2 Å². The van der Waals surface area contributed by atoms with E-state index in [1.54, 1.807) is 42.6 Å². The number of hydrogen-bond donors (Lipinski definition) is 0. The molecule has 2 aromatic rings. The van der Waals surface area contributed by atoms with Gasteiger partial charge in [0.1, 0.15) is 0 Å². The maximum Gasteiger partial charge on any atom is 0.282 e. The number of rotatable bonds is 2. The Labute approximate surface area is 102 Å². The predicted molar refractivity (Wildman–Crippen MR) is 64.2 cm³/mol. The normalized spacial score (nSPS) is 13.1. The molecule has 2 heterocycles. The van der Waals surface area contributed by atoms with E-state index >= 15 is 0 Å². The molecule has 86 valence electrons. The largest absolute Gasteiger partial charge is 0.288 e. The Morgan fingerprint density at radius 2 is 1.89 bits per heavy atom. The fourth-order valence-electron chi connectivity index (χ4n) is 1.92. The number of nitrogens with zero attached hydrogens (tertiary/aromatic N) is 2. The zero-order chi connectivity index (χ0) is 12.5. The fraction of sp³-hybridized carbons (Fsp3) is 0. The Balaban J connectivity index is 2.23. The first-order valence-electron chi connectivity index (χ1n) is 5.44. The average molecular weight is 236 g/mol. The van der Waals surface area contributed by atoms with Gasteiger partial charge in [-0.1, -0.05) is 18.2 Å². The van der Waals surface area contributed by atoms with E-state index in [2.05, 4.69) is 9.98 Å². The highest BCUT2D eigenvalue weighted by atomic mass is 16.2. The van der Waals surface area contributed by atoms with Crippen LogP contribution >= 0.6 is 0 Å². The number of Topliss-reactive ketones (excluding diaryl/α,β-unsaturated/α-hetero) is 1. The Bertz CT molecular complexity index is 764. The number of amides is 1. The van der Waals surface area contributed by atoms with Gasteiger partial charge in [0.05, 0.1) is 10.9 Å². The van der Waals surface area contributed by atoms with Crippen LogP contribution in [0.25, 0.3) is 5.57 Å². The van der Waals surface area contributed by atoms with Gasteiger partial charge in [-0.2, -0.15) is 0 Å². The van der Waals surface area contributed by atoms with Gasteiger partial charge in [0.2, 0.25) is 5.78 Å². The van der Waals surface area contributed by atoms with Crippen molar-refractivity contribution in [3.05, 3.63) is 64.9 Å². The zero-order valence-electron chi connectivity index (χ0n) is 9.33. The minimum Gasteiger partial charge on any atom is -0.288 e. The van der Waals surface area contributed by atoms with Crippen LogP contribution in [0.5, 0.6) is 0 Å². The summed E-state index contributed by atoms with van der Waals surface area (Å²) in [6.45, 7) is 0. The number of fused-ring (bicyclic) bond motifs is 1. The molecule has 0 bridgehead atoms. The van der Waals surface area contributed by atoms with Crippen molar-refractivity contribution >= 4 is 17.3 Å². The van der Waals surface area contributed by atoms with Crippen molar-refractivity contribution in [1.29, 1.82) is 0 Å². The molecule has 0 aliphatic carbocycles. The van der Waals surface area contributed by atoms with E-state index < -0.39 is 5.91 Å². The summed E-state index contributed by atoms with van der Waals surface area (Å²) < 4.78 is 0. The SMILES string of the molecule is O=C1N=c2ccccc2=C1C(=O)c1cccnc1. The van der Waals surface area contributed by atoms with E-state index in [0.29, 0.717) is 16.1 Å². The lowest BCUT2D eigenvalue weighted by Crippen LogP contribution is -2.25. The fourth-order valence-corrected chi connectivity index (χ4v) is 1.92. The first kappa shape index (κ1) is 10.5. The van der Waals surface area contributed by atoms with Gasteiger partial charge >= 0.3 is 0 Å². The number of carbonyl (C=O) groups is 2. The third-order valence-corrected chi connectivity index (χ3v) is 2.76. The summed E-state index contributed by atoms with van der Waals surface area (Å²) in [7, 11) is 0. The monoisotopic (exact) mass is 236 g/mol. The molecule has 4 nitrogen and oxygen atoms in total. The molecule has 4 heteroatoms. The molecule has 0 radical (unpaired) electrons. The van der Waals surface area contributed by atoms with Gasteiger partial charge in [0, 0.05) is 23.2 Å². The molecule has 0 unspecified atom stereocenters. The Morgan fingerprint density at radius 3 is 2.67 bits per heavy atom. The number of para-hydroxylation sites is 1. The molecule has 1 aliphatic heterocycles. The second-order valence-electron chi connectivity index (χ2n) is 3.88. The topological polar surface area (TPSA) is 59.4 Å². The summed E-state index contributed by atoms with van der Waals surface area (Å²) in [6.07, 6.45) is 3.03. The third kappa shape index (κ3) is 1.55. The molecule has 3 rings (SSSR count). The molecule has 0 atom stereocenters. The minimum absolute atomic E-state index is 0.124. The van der Waals surface area contributed by atoms with Crippen LogP contribution in [0.4, 0.5) is 0 Å². The zero-order valence-corrected chi connectivity index (χ0v) is 9.33. The van der Waals surface area contributed by atoms with Crippen molar-refractivity contribution in [3.63, 3.8) is 0 Å². The van der Waals surface area contributed by atoms with Crippen molar-refractivity contribution in [2.24, 2.45) is 4.99 Å². The first-order chi connectivity index (χ1) is 8.77. The quantitative estimate of drug-likeness (QED) is 0.703. The third-order valence-electron chi connectivity index (χ3n) is 2.76. The minimum atomic E-state index is -0.481. The van der Waals surface area contributed by atoms with Crippen LogP contribution < -0.4 is 10.6 Å². The highest BCUT2D eigenvalue weighted by Gasteiger charge is 2.24. The van der Waals surface area contributed by atoms with Crippen LogP contribution in [0.15, 0.2) is 53.8 Å². The molecule has 18 heavy (non-hydrogen) atoms. The molecule has 1 aromatic heterocycles. The van der Waals surface area contributed by atoms with Gasteiger partial charge < -0.3 is 0 Å². The molecular formula is C14H8N2O2. The first-order valence-corrected chi connectivity index (χ1v) is 5.44. The Hall–Kier alpha value is -2.62. The number of pyridine rings is 1. The maximum absolute atomic E-state index is 12.3. The summed E-state index contributed by atoms with van der Waals surface area (Å²) in [6, 6.07) is 10.3. The summed E-state index contributed by atoms with van der Waals surface area (Å²) >= 11 is 0. The number of carbonyl (C=O) groups excluding carboxylic acids is 2. The summed E-state index contributed by atoms with van der Waals surface area (Å²) in [5.74, 6) is -0.813. The lowest BCUT2D eigenvalue weighted by atomic mass is 10.0. The molecule has 0 saturated carbocycles. The highest BCUT2D eigenvalue weighted by molar-refractivity contribution is 6.45. The van der Waals surface area contributed by atoms with E-state index in [9.17, 15) is 9.59 Å². The summed E-state index contributed by atoms with van der Waals surface area (Å²) in [4.78, 5) is 31.8. The molecule has 1 aliphatic rings. The molecule has 0 N–H and O–H groups in total. The highest BCUT2D eigenvalue weighted by Crippen LogP contribution is 2.10. The van der Waals surface area contributed by atoms with Gasteiger partial charge in [-0.15, -0.1) is 0 Å². The second kappa shape index (κ2) is 4.00. The van der Waals surface area contributed by atoms with Gasteiger partial charge in [-0.3, -0.25) is 14.6 Å². The number of hydrogen-bond acceptors (Lipinski definition) is 3. The Morgan fingerprint density at radius 1 is 1.06 bits per heavy atom. The van der Waals surface area contributed by atoms with Crippen molar-refractivity contribution in [1.82, 2.24) is 4.98 Å². The molecule has 1 amide bonds. The van der Waals surface area contributed by atoms with Gasteiger partial charge in [-0.25, -0.2) is 4.99 Å². The second-order valence-corrected chi connectivity index (χ2v) is 3.88. The van der Waals surface area contributed by atoms with Crippen molar-refractivity contribution < 1.29 is 9.59 Å². The summed E-state index contributed by atoms with van der Waals surface area (Å²) in [5.41, 5.74) is 0.520. The standard InChI is InChI=1S/C14H8N2O2/c17-13(9-4-3-7-15-8-9)12-10-5-1-2-6-11(10)16-14(12)18/h1-8H. The van der Waals surface area contributed by atoms with Crippen molar-refractivity contribution in [2.45, 2.75) is 0 Å². The number of ketones is 1. The molecular weight excluding hydrogens is 228 g/mol. The lowest BCUT2D eigenvalue weighted by molar-refractivity contribution is -0.112. The number of benzene rings is 1. The van der Waals surface area contributed by atoms with Gasteiger partial charge in [0.15, 0.2) is 0 Å². The summed E-state index contributed by atoms with van der Waals surface area (Å²) in [5, 5.41) is 1.14. The average Bonchev–Trinajstić information content (AvgIpc) is 2.75. The molecule has 0 fully saturated rings. The van der Waals surface area contributed by atoms with Crippen molar-refractivity contribution in [3.8, 4) is 0 Å².